The summed E-state index contributed by atoms with van der Waals surface area (Å²) in [6, 6.07) is 0. The van der Waals surface area contributed by atoms with Crippen molar-refractivity contribution in [3.05, 3.63) is 0 Å². The second kappa shape index (κ2) is 6.13. The molecule has 0 aliphatic rings. The summed E-state index contributed by atoms with van der Waals surface area (Å²) < 4.78 is 31.5. The van der Waals surface area contributed by atoms with Crippen LogP contribution in [0.4, 0.5) is 0 Å². The fraction of sp³-hybridized carbons (Fsp3) is 1.00. The molecule has 0 aliphatic heterocycles. The van der Waals surface area contributed by atoms with E-state index in [4.69, 9.17) is 0 Å². The highest BCUT2D eigenvalue weighted by Gasteiger charge is 2.19. The first kappa shape index (κ1) is 13.6. The molecule has 0 fully saturated rings. The summed E-state index contributed by atoms with van der Waals surface area (Å²) in [6.45, 7) is 3.30. The van der Waals surface area contributed by atoms with Crippen molar-refractivity contribution in [1.29, 1.82) is 0 Å². The number of thioether (sulfide) groups is 2. The van der Waals surface area contributed by atoms with Gasteiger partial charge in [-0.2, -0.15) is 8.42 Å². The van der Waals surface area contributed by atoms with Crippen LogP contribution in [0.3, 0.4) is 0 Å². The van der Waals surface area contributed by atoms with E-state index in [0.717, 1.165) is 0 Å². The molecule has 0 N–H and O–H groups in total. The Labute approximate surface area is 88.1 Å². The van der Waals surface area contributed by atoms with E-state index in [9.17, 15) is 8.42 Å². The molecule has 0 radical (unpaired) electrons. The molecule has 0 saturated carbocycles. The van der Waals surface area contributed by atoms with Gasteiger partial charge in [-0.25, -0.2) is 8.37 Å². The molecule has 0 rings (SSSR count). The molecule has 7 heteroatoms. The van der Waals surface area contributed by atoms with Crippen molar-refractivity contribution in [3.63, 3.8) is 0 Å². The molecule has 2 atom stereocenters. The highest BCUT2D eigenvalue weighted by atomic mass is 32.3. The van der Waals surface area contributed by atoms with Gasteiger partial charge in [0.05, 0.1) is 0 Å². The first-order valence-electron chi connectivity index (χ1n) is 3.58. The Morgan fingerprint density at radius 3 is 1.54 bits per heavy atom. The lowest BCUT2D eigenvalue weighted by atomic mass is 10.9. The quantitative estimate of drug-likeness (QED) is 0.665. The first-order chi connectivity index (χ1) is 5.91. The van der Waals surface area contributed by atoms with Crippen LogP contribution >= 0.6 is 23.5 Å². The van der Waals surface area contributed by atoms with E-state index in [-0.39, 0.29) is 0 Å². The Morgan fingerprint density at radius 1 is 1.00 bits per heavy atom. The maximum absolute atomic E-state index is 11.1. The molecule has 0 aromatic rings. The Bertz CT molecular complexity index is 208. The van der Waals surface area contributed by atoms with Crippen molar-refractivity contribution in [2.75, 3.05) is 12.5 Å². The van der Waals surface area contributed by atoms with Crippen LogP contribution in [0.2, 0.25) is 0 Å². The van der Waals surface area contributed by atoms with Crippen molar-refractivity contribution in [3.8, 4) is 0 Å². The Morgan fingerprint density at radius 2 is 1.31 bits per heavy atom. The molecule has 13 heavy (non-hydrogen) atoms. The van der Waals surface area contributed by atoms with Crippen LogP contribution in [0.15, 0.2) is 0 Å². The lowest BCUT2D eigenvalue weighted by Gasteiger charge is -2.12. The lowest BCUT2D eigenvalue weighted by Crippen LogP contribution is -2.18. The molecule has 0 aromatic heterocycles. The van der Waals surface area contributed by atoms with Crippen LogP contribution in [-0.4, -0.2) is 31.8 Å². The third-order valence-corrected chi connectivity index (χ3v) is 3.98. The smallest absolute Gasteiger partial charge is 0.234 e. The zero-order chi connectivity index (χ0) is 10.5. The standard InChI is InChI=1S/C6H14O4S3/c1-5(11-3)9-13(7,8)10-6(2)12-4/h5-6H,1-4H3. The highest BCUT2D eigenvalue weighted by molar-refractivity contribution is 8.00. The third kappa shape index (κ3) is 6.62. The normalized spacial score (nSPS) is 16.9. The summed E-state index contributed by atoms with van der Waals surface area (Å²) in [5, 5.41) is 0. The molecule has 0 bridgehead atoms. The molecule has 2 unspecified atom stereocenters. The van der Waals surface area contributed by atoms with Gasteiger partial charge in [0.1, 0.15) is 10.9 Å². The van der Waals surface area contributed by atoms with Crippen molar-refractivity contribution in [2.45, 2.75) is 24.7 Å². The second-order valence-corrected chi connectivity index (χ2v) is 5.68. The fourth-order valence-corrected chi connectivity index (χ4v) is 2.35. The van der Waals surface area contributed by atoms with Crippen LogP contribution in [0, 0.1) is 0 Å². The Balaban J connectivity index is 4.09. The first-order valence-corrected chi connectivity index (χ1v) is 7.49. The maximum Gasteiger partial charge on any atom is 0.401 e. The maximum atomic E-state index is 11.1. The van der Waals surface area contributed by atoms with Crippen molar-refractivity contribution in [1.82, 2.24) is 0 Å². The summed E-state index contributed by atoms with van der Waals surface area (Å²) in [5.41, 5.74) is -0.835. The van der Waals surface area contributed by atoms with Gasteiger partial charge >= 0.3 is 10.4 Å². The van der Waals surface area contributed by atoms with Gasteiger partial charge in [0.15, 0.2) is 0 Å². The zero-order valence-electron chi connectivity index (χ0n) is 8.01. The molecule has 0 saturated heterocycles. The third-order valence-electron chi connectivity index (χ3n) is 1.17. The molecule has 0 aliphatic carbocycles. The second-order valence-electron chi connectivity index (χ2n) is 2.21. The average molecular weight is 246 g/mol. The molecular weight excluding hydrogens is 232 g/mol. The number of rotatable bonds is 6. The van der Waals surface area contributed by atoms with Crippen LogP contribution in [0.25, 0.3) is 0 Å². The van der Waals surface area contributed by atoms with E-state index in [1.54, 1.807) is 26.4 Å². The summed E-state index contributed by atoms with van der Waals surface area (Å²) in [5.74, 6) is 0. The van der Waals surface area contributed by atoms with Gasteiger partial charge in [-0.3, -0.25) is 0 Å². The molecule has 0 heterocycles. The van der Waals surface area contributed by atoms with Crippen LogP contribution in [0.5, 0.6) is 0 Å². The van der Waals surface area contributed by atoms with Gasteiger partial charge in [-0.15, -0.1) is 23.5 Å². The minimum absolute atomic E-state index is 0.418. The van der Waals surface area contributed by atoms with Crippen LogP contribution in [0.1, 0.15) is 13.8 Å². The summed E-state index contributed by atoms with van der Waals surface area (Å²) in [6.07, 6.45) is 3.52. The number of hydrogen-bond acceptors (Lipinski definition) is 6. The van der Waals surface area contributed by atoms with E-state index < -0.39 is 21.3 Å². The minimum Gasteiger partial charge on any atom is -0.234 e. The van der Waals surface area contributed by atoms with Crippen LogP contribution in [-0.2, 0) is 18.8 Å². The van der Waals surface area contributed by atoms with Gasteiger partial charge in [0, 0.05) is 0 Å². The average Bonchev–Trinajstić information content (AvgIpc) is 2.02. The van der Waals surface area contributed by atoms with E-state index in [1.165, 1.54) is 23.5 Å². The Hall–Kier alpha value is 0.570. The van der Waals surface area contributed by atoms with Gasteiger partial charge in [0.2, 0.25) is 0 Å². The summed E-state index contributed by atoms with van der Waals surface area (Å²) >= 11 is 2.60. The van der Waals surface area contributed by atoms with Gasteiger partial charge in [-0.1, -0.05) is 0 Å². The summed E-state index contributed by atoms with van der Waals surface area (Å²) in [4.78, 5) is 0. The van der Waals surface area contributed by atoms with Gasteiger partial charge in [0.25, 0.3) is 0 Å². The van der Waals surface area contributed by atoms with Gasteiger partial charge < -0.3 is 0 Å². The van der Waals surface area contributed by atoms with Crippen molar-refractivity contribution >= 4 is 33.9 Å². The predicted molar refractivity (Wildman–Crippen MR) is 57.0 cm³/mol. The fourth-order valence-electron chi connectivity index (χ4n) is 0.433. The van der Waals surface area contributed by atoms with Crippen LogP contribution < -0.4 is 0 Å². The molecule has 0 amide bonds. The monoisotopic (exact) mass is 246 g/mol. The lowest BCUT2D eigenvalue weighted by molar-refractivity contribution is 0.205. The van der Waals surface area contributed by atoms with E-state index >= 15 is 0 Å². The summed E-state index contributed by atoms with van der Waals surface area (Å²) in [7, 11) is -3.85. The molecule has 80 valence electrons. The molecule has 0 aromatic carbocycles. The van der Waals surface area contributed by atoms with E-state index in [1.807, 2.05) is 0 Å². The largest absolute Gasteiger partial charge is 0.401 e. The molecular formula is C6H14O4S3. The molecule has 0 spiro atoms. The molecule has 4 nitrogen and oxygen atoms in total. The van der Waals surface area contributed by atoms with E-state index in [0.29, 0.717) is 0 Å². The zero-order valence-corrected chi connectivity index (χ0v) is 10.5. The topological polar surface area (TPSA) is 52.6 Å². The van der Waals surface area contributed by atoms with Crippen molar-refractivity contribution in [2.24, 2.45) is 0 Å². The minimum atomic E-state index is -3.85. The predicted octanol–water partition coefficient (Wildman–Crippen LogP) is 1.68. The Kier molecular flexibility index (Phi) is 6.40. The SMILES string of the molecule is CSC(C)OS(=O)(=O)OC(C)SC. The van der Waals surface area contributed by atoms with Crippen molar-refractivity contribution < 1.29 is 16.8 Å². The number of hydrogen-bond donors (Lipinski definition) is 0. The van der Waals surface area contributed by atoms with Gasteiger partial charge in [-0.05, 0) is 26.4 Å². The highest BCUT2D eigenvalue weighted by Crippen LogP contribution is 2.16. The van der Waals surface area contributed by atoms with E-state index in [2.05, 4.69) is 8.37 Å².